The summed E-state index contributed by atoms with van der Waals surface area (Å²) in [6.45, 7) is 5.76. The Labute approximate surface area is 102 Å². The van der Waals surface area contributed by atoms with Gasteiger partial charge in [0.1, 0.15) is 5.60 Å². The molecule has 1 rings (SSSR count). The SMILES string of the molecule is COC(O)[C@@H]1C[C@H](N)CN1C(=O)OC(C)(C)C. The minimum Gasteiger partial charge on any atom is -0.444 e. The van der Waals surface area contributed by atoms with E-state index in [1.165, 1.54) is 12.0 Å². The van der Waals surface area contributed by atoms with Crippen LogP contribution in [0.4, 0.5) is 4.79 Å². The molecule has 1 heterocycles. The summed E-state index contributed by atoms with van der Waals surface area (Å²) in [5, 5.41) is 9.67. The maximum Gasteiger partial charge on any atom is 0.410 e. The lowest BCUT2D eigenvalue weighted by molar-refractivity contribution is -0.116. The van der Waals surface area contributed by atoms with Gasteiger partial charge in [-0.05, 0) is 27.2 Å². The second-order valence-electron chi connectivity index (χ2n) is 5.32. The van der Waals surface area contributed by atoms with Crippen molar-refractivity contribution in [1.82, 2.24) is 4.90 Å². The molecular formula is C11H22N2O4. The number of hydrogen-bond donors (Lipinski definition) is 2. The molecule has 6 heteroatoms. The second-order valence-corrected chi connectivity index (χ2v) is 5.32. The molecule has 3 N–H and O–H groups in total. The topological polar surface area (TPSA) is 85.0 Å². The average molecular weight is 246 g/mol. The van der Waals surface area contributed by atoms with Gasteiger partial charge in [-0.15, -0.1) is 0 Å². The number of rotatable bonds is 2. The number of aliphatic hydroxyl groups excluding tert-OH is 1. The van der Waals surface area contributed by atoms with Crippen LogP contribution in [0.1, 0.15) is 27.2 Å². The number of ether oxygens (including phenoxy) is 2. The largest absolute Gasteiger partial charge is 0.444 e. The van der Waals surface area contributed by atoms with Crippen LogP contribution in [0.3, 0.4) is 0 Å². The molecule has 0 radical (unpaired) electrons. The highest BCUT2D eigenvalue weighted by molar-refractivity contribution is 5.69. The number of methoxy groups -OCH3 is 1. The third kappa shape index (κ3) is 3.83. The summed E-state index contributed by atoms with van der Waals surface area (Å²) in [4.78, 5) is 13.4. The molecule has 0 aliphatic carbocycles. The minimum atomic E-state index is -1.03. The Hall–Kier alpha value is -0.850. The molecule has 3 atom stereocenters. The van der Waals surface area contributed by atoms with Crippen molar-refractivity contribution in [2.75, 3.05) is 13.7 Å². The summed E-state index contributed by atoms with van der Waals surface area (Å²) in [5.74, 6) is 0. The normalized spacial score (nSPS) is 27.1. The lowest BCUT2D eigenvalue weighted by Crippen LogP contribution is -2.45. The van der Waals surface area contributed by atoms with E-state index < -0.39 is 24.0 Å². The second kappa shape index (κ2) is 5.20. The predicted molar refractivity (Wildman–Crippen MR) is 62.3 cm³/mol. The van der Waals surface area contributed by atoms with Crippen LogP contribution in [-0.2, 0) is 9.47 Å². The van der Waals surface area contributed by atoms with E-state index in [9.17, 15) is 9.90 Å². The number of hydrogen-bond acceptors (Lipinski definition) is 5. The van der Waals surface area contributed by atoms with Crippen molar-refractivity contribution in [3.8, 4) is 0 Å². The molecular weight excluding hydrogens is 224 g/mol. The number of amides is 1. The first-order chi connectivity index (χ1) is 7.74. The fourth-order valence-electron chi connectivity index (χ4n) is 1.86. The lowest BCUT2D eigenvalue weighted by Gasteiger charge is -2.30. The fourth-order valence-corrected chi connectivity index (χ4v) is 1.86. The molecule has 6 nitrogen and oxygen atoms in total. The third-order valence-corrected chi connectivity index (χ3v) is 2.57. The lowest BCUT2D eigenvalue weighted by atomic mass is 10.2. The van der Waals surface area contributed by atoms with Gasteiger partial charge in [-0.3, -0.25) is 4.90 Å². The molecule has 0 aromatic rings. The van der Waals surface area contributed by atoms with E-state index in [0.717, 1.165) is 0 Å². The van der Waals surface area contributed by atoms with Crippen molar-refractivity contribution in [3.05, 3.63) is 0 Å². The maximum absolute atomic E-state index is 11.9. The van der Waals surface area contributed by atoms with E-state index in [2.05, 4.69) is 0 Å². The number of nitrogens with two attached hydrogens (primary N) is 1. The van der Waals surface area contributed by atoms with E-state index in [-0.39, 0.29) is 6.04 Å². The monoisotopic (exact) mass is 246 g/mol. The molecule has 0 aromatic carbocycles. The van der Waals surface area contributed by atoms with Gasteiger partial charge < -0.3 is 20.3 Å². The Bertz CT molecular complexity index is 277. The predicted octanol–water partition coefficient (Wildman–Crippen LogP) is 0.288. The van der Waals surface area contributed by atoms with Crippen molar-refractivity contribution in [1.29, 1.82) is 0 Å². The molecule has 1 amide bonds. The summed E-state index contributed by atoms with van der Waals surface area (Å²) in [6, 6.07) is -0.595. The Morgan fingerprint density at radius 3 is 2.59 bits per heavy atom. The van der Waals surface area contributed by atoms with Crippen LogP contribution < -0.4 is 5.73 Å². The van der Waals surface area contributed by atoms with Crippen molar-refractivity contribution in [2.24, 2.45) is 5.73 Å². The number of aliphatic hydroxyl groups is 1. The molecule has 1 unspecified atom stereocenters. The quantitative estimate of drug-likeness (QED) is 0.684. The van der Waals surface area contributed by atoms with Gasteiger partial charge in [0.15, 0.2) is 6.29 Å². The van der Waals surface area contributed by atoms with E-state index in [4.69, 9.17) is 15.2 Å². The van der Waals surface area contributed by atoms with Crippen LogP contribution in [0.15, 0.2) is 0 Å². The molecule has 0 aromatic heterocycles. The number of likely N-dealkylation sites (tertiary alicyclic amines) is 1. The van der Waals surface area contributed by atoms with Crippen LogP contribution in [0, 0.1) is 0 Å². The van der Waals surface area contributed by atoms with Crippen molar-refractivity contribution < 1.29 is 19.4 Å². The van der Waals surface area contributed by atoms with Gasteiger partial charge in [-0.2, -0.15) is 0 Å². The minimum absolute atomic E-state index is 0.155. The molecule has 0 spiro atoms. The average Bonchev–Trinajstić information content (AvgIpc) is 2.56. The zero-order chi connectivity index (χ0) is 13.2. The Balaban J connectivity index is 2.70. The van der Waals surface area contributed by atoms with E-state index >= 15 is 0 Å². The third-order valence-electron chi connectivity index (χ3n) is 2.57. The molecule has 100 valence electrons. The molecule has 1 fully saturated rings. The van der Waals surface area contributed by atoms with Gasteiger partial charge in [-0.25, -0.2) is 4.79 Å². The molecule has 0 bridgehead atoms. The highest BCUT2D eigenvalue weighted by Crippen LogP contribution is 2.22. The maximum atomic E-state index is 11.9. The standard InChI is InChI=1S/C11H22N2O4/c1-11(2,3)17-10(15)13-6-7(12)5-8(13)9(14)16-4/h7-9,14H,5-6,12H2,1-4H3/t7-,8-,9?/m0/s1. The van der Waals surface area contributed by atoms with Crippen molar-refractivity contribution in [3.63, 3.8) is 0 Å². The first kappa shape index (κ1) is 14.2. The van der Waals surface area contributed by atoms with Crippen molar-refractivity contribution >= 4 is 6.09 Å². The fraction of sp³-hybridized carbons (Fsp3) is 0.909. The number of carbonyl (C=O) groups is 1. The van der Waals surface area contributed by atoms with Gasteiger partial charge >= 0.3 is 6.09 Å². The van der Waals surface area contributed by atoms with Crippen LogP contribution in [-0.4, -0.2) is 53.7 Å². The molecule has 0 saturated carbocycles. The van der Waals surface area contributed by atoms with E-state index in [0.29, 0.717) is 13.0 Å². The van der Waals surface area contributed by atoms with E-state index in [1.807, 2.05) is 0 Å². The summed E-state index contributed by atoms with van der Waals surface area (Å²) in [6.07, 6.45) is -0.989. The van der Waals surface area contributed by atoms with Crippen LogP contribution >= 0.6 is 0 Å². The zero-order valence-electron chi connectivity index (χ0n) is 10.8. The number of carbonyl (C=O) groups excluding carboxylic acids is 1. The van der Waals surface area contributed by atoms with Gasteiger partial charge in [0.05, 0.1) is 6.04 Å². The Morgan fingerprint density at radius 1 is 1.53 bits per heavy atom. The van der Waals surface area contributed by atoms with Crippen LogP contribution in [0.5, 0.6) is 0 Å². The van der Waals surface area contributed by atoms with Crippen molar-refractivity contribution in [2.45, 2.75) is 51.2 Å². The summed E-state index contributed by atoms with van der Waals surface area (Å²) in [7, 11) is 1.39. The first-order valence-electron chi connectivity index (χ1n) is 5.70. The van der Waals surface area contributed by atoms with Gasteiger partial charge in [0.2, 0.25) is 0 Å². The van der Waals surface area contributed by atoms with Gasteiger partial charge in [0.25, 0.3) is 0 Å². The molecule has 1 saturated heterocycles. The van der Waals surface area contributed by atoms with Crippen LogP contribution in [0.25, 0.3) is 0 Å². The van der Waals surface area contributed by atoms with Crippen LogP contribution in [0.2, 0.25) is 0 Å². The smallest absolute Gasteiger partial charge is 0.410 e. The Kier molecular flexibility index (Phi) is 4.35. The highest BCUT2D eigenvalue weighted by Gasteiger charge is 2.40. The number of nitrogens with zero attached hydrogens (tertiary/aromatic N) is 1. The Morgan fingerprint density at radius 2 is 2.12 bits per heavy atom. The molecule has 17 heavy (non-hydrogen) atoms. The van der Waals surface area contributed by atoms with Gasteiger partial charge in [-0.1, -0.05) is 0 Å². The van der Waals surface area contributed by atoms with E-state index in [1.54, 1.807) is 20.8 Å². The summed E-state index contributed by atoms with van der Waals surface area (Å²) in [5.41, 5.74) is 5.23. The van der Waals surface area contributed by atoms with Gasteiger partial charge in [0, 0.05) is 19.7 Å². The molecule has 1 aliphatic rings. The summed E-state index contributed by atoms with van der Waals surface area (Å²) >= 11 is 0. The highest BCUT2D eigenvalue weighted by atomic mass is 16.6. The first-order valence-corrected chi connectivity index (χ1v) is 5.70. The zero-order valence-corrected chi connectivity index (χ0v) is 10.8. The summed E-state index contributed by atoms with van der Waals surface area (Å²) < 4.78 is 10.1. The molecule has 1 aliphatic heterocycles.